The van der Waals surface area contributed by atoms with Gasteiger partial charge in [-0.15, -0.1) is 0 Å². The van der Waals surface area contributed by atoms with E-state index in [1.807, 2.05) is 0 Å². The average Bonchev–Trinajstić information content (AvgIpc) is 2.46. The number of carboxylic acids is 1. The lowest BCUT2D eigenvalue weighted by Gasteiger charge is -2.27. The first-order valence-electron chi connectivity index (χ1n) is 7.15. The molecule has 0 aromatic heterocycles. The lowest BCUT2D eigenvalue weighted by molar-refractivity contribution is -0.136. The fourth-order valence-corrected chi connectivity index (χ4v) is 2.96. The molecule has 0 amide bonds. The number of hydrogen-bond donors (Lipinski definition) is 2. The molecule has 3 N–H and O–H groups in total. The Bertz CT molecular complexity index is 490. The van der Waals surface area contributed by atoms with Gasteiger partial charge >= 0.3 is 5.97 Å². The van der Waals surface area contributed by atoms with E-state index >= 15 is 0 Å². The van der Waals surface area contributed by atoms with Gasteiger partial charge in [-0.3, -0.25) is 9.59 Å². The number of benzene rings is 1. The summed E-state index contributed by atoms with van der Waals surface area (Å²) in [5, 5.41) is 8.92. The molecule has 0 atom stereocenters. The fourth-order valence-electron chi connectivity index (χ4n) is 2.96. The van der Waals surface area contributed by atoms with Gasteiger partial charge in [-0.05, 0) is 43.7 Å². The number of carbonyl (C=O) groups is 2. The van der Waals surface area contributed by atoms with E-state index in [2.05, 4.69) is 0 Å². The monoisotopic (exact) mass is 275 g/mol. The van der Waals surface area contributed by atoms with E-state index in [0.717, 1.165) is 25.7 Å². The number of hydrogen-bond acceptors (Lipinski definition) is 3. The van der Waals surface area contributed by atoms with Gasteiger partial charge in [-0.25, -0.2) is 0 Å². The third-order valence-corrected chi connectivity index (χ3v) is 4.18. The maximum atomic E-state index is 12.6. The number of nitrogens with two attached hydrogens (primary N) is 1. The molecule has 0 heterocycles. The zero-order valence-corrected chi connectivity index (χ0v) is 11.5. The largest absolute Gasteiger partial charge is 0.481 e. The Kier molecular flexibility index (Phi) is 4.90. The van der Waals surface area contributed by atoms with Gasteiger partial charge in [0.1, 0.15) is 0 Å². The van der Waals surface area contributed by atoms with E-state index in [4.69, 9.17) is 10.8 Å². The molecule has 0 saturated heterocycles. The van der Waals surface area contributed by atoms with Gasteiger partial charge in [0.2, 0.25) is 0 Å². The minimum atomic E-state index is -0.905. The molecule has 0 aliphatic heterocycles. The van der Waals surface area contributed by atoms with Crippen molar-refractivity contribution in [1.82, 2.24) is 0 Å². The Hall–Kier alpha value is -1.68. The first kappa shape index (κ1) is 14.7. The second kappa shape index (κ2) is 6.66. The van der Waals surface area contributed by atoms with Crippen molar-refractivity contribution >= 4 is 11.8 Å². The van der Waals surface area contributed by atoms with Crippen molar-refractivity contribution in [3.05, 3.63) is 35.4 Å². The molecule has 0 radical (unpaired) electrons. The number of rotatable bonds is 5. The van der Waals surface area contributed by atoms with Gasteiger partial charge < -0.3 is 10.8 Å². The van der Waals surface area contributed by atoms with E-state index in [9.17, 15) is 9.59 Å². The second-order valence-corrected chi connectivity index (χ2v) is 5.55. The summed E-state index contributed by atoms with van der Waals surface area (Å²) < 4.78 is 0. The van der Waals surface area contributed by atoms with Crippen LogP contribution >= 0.6 is 0 Å². The quantitative estimate of drug-likeness (QED) is 0.808. The smallest absolute Gasteiger partial charge is 0.307 e. The van der Waals surface area contributed by atoms with Crippen LogP contribution in [0.2, 0.25) is 0 Å². The number of aliphatic carboxylic acids is 1. The molecule has 0 unspecified atom stereocenters. The molecule has 1 aromatic carbocycles. The third kappa shape index (κ3) is 3.45. The fraction of sp³-hybridized carbons (Fsp3) is 0.500. The van der Waals surface area contributed by atoms with E-state index in [-0.39, 0.29) is 18.1 Å². The number of ketones is 1. The minimum absolute atomic E-state index is 0.0211. The van der Waals surface area contributed by atoms with Crippen molar-refractivity contribution in [1.29, 1.82) is 0 Å². The van der Waals surface area contributed by atoms with Crippen LogP contribution in [0.5, 0.6) is 0 Å². The van der Waals surface area contributed by atoms with E-state index < -0.39 is 5.97 Å². The molecule has 1 fully saturated rings. The number of carbonyl (C=O) groups excluding carboxylic acids is 1. The molecule has 1 aromatic rings. The van der Waals surface area contributed by atoms with Crippen LogP contribution in [0.15, 0.2) is 24.3 Å². The lowest BCUT2D eigenvalue weighted by Crippen LogP contribution is -2.26. The maximum Gasteiger partial charge on any atom is 0.307 e. The van der Waals surface area contributed by atoms with Crippen molar-refractivity contribution in [2.75, 3.05) is 6.54 Å². The van der Waals surface area contributed by atoms with Crippen molar-refractivity contribution in [3.8, 4) is 0 Å². The van der Waals surface area contributed by atoms with Crippen LogP contribution in [0.4, 0.5) is 0 Å². The first-order valence-corrected chi connectivity index (χ1v) is 7.15. The molecular formula is C16H21NO3. The molecule has 4 nitrogen and oxygen atoms in total. The highest BCUT2D eigenvalue weighted by Crippen LogP contribution is 2.31. The third-order valence-electron chi connectivity index (χ3n) is 4.18. The van der Waals surface area contributed by atoms with Crippen molar-refractivity contribution < 1.29 is 14.7 Å². The minimum Gasteiger partial charge on any atom is -0.481 e. The van der Waals surface area contributed by atoms with Crippen LogP contribution in [0.25, 0.3) is 0 Å². The average molecular weight is 275 g/mol. The Morgan fingerprint density at radius 3 is 2.40 bits per heavy atom. The second-order valence-electron chi connectivity index (χ2n) is 5.55. The standard InChI is InChI=1S/C16H21NO3/c17-10-11-5-7-12(8-6-11)16(20)14-4-2-1-3-13(14)9-15(18)19/h1-4,11-12H,5-10,17H2,(H,18,19). The van der Waals surface area contributed by atoms with Gasteiger partial charge in [0.05, 0.1) is 6.42 Å². The molecule has 108 valence electrons. The molecule has 1 aliphatic rings. The van der Waals surface area contributed by atoms with Gasteiger partial charge in [0.25, 0.3) is 0 Å². The maximum absolute atomic E-state index is 12.6. The Labute approximate surface area is 119 Å². The van der Waals surface area contributed by atoms with Crippen LogP contribution in [0.1, 0.15) is 41.6 Å². The summed E-state index contributed by atoms with van der Waals surface area (Å²) in [4.78, 5) is 23.4. The van der Waals surface area contributed by atoms with Crippen LogP contribution in [0.3, 0.4) is 0 Å². The molecule has 2 rings (SSSR count). The van der Waals surface area contributed by atoms with Crippen molar-refractivity contribution in [2.24, 2.45) is 17.6 Å². The summed E-state index contributed by atoms with van der Waals surface area (Å²) >= 11 is 0. The Morgan fingerprint density at radius 1 is 1.15 bits per heavy atom. The van der Waals surface area contributed by atoms with Gasteiger partial charge in [-0.2, -0.15) is 0 Å². The van der Waals surface area contributed by atoms with Crippen molar-refractivity contribution in [3.63, 3.8) is 0 Å². The summed E-state index contributed by atoms with van der Waals surface area (Å²) in [5.74, 6) is -0.254. The van der Waals surface area contributed by atoms with Crippen LogP contribution < -0.4 is 5.73 Å². The summed E-state index contributed by atoms with van der Waals surface area (Å²) in [7, 11) is 0. The highest BCUT2D eigenvalue weighted by Gasteiger charge is 2.27. The number of carboxylic acid groups (broad SMARTS) is 1. The summed E-state index contributed by atoms with van der Waals surface area (Å²) in [6.07, 6.45) is 3.62. The molecule has 0 spiro atoms. The lowest BCUT2D eigenvalue weighted by atomic mass is 9.78. The first-order chi connectivity index (χ1) is 9.61. The molecule has 1 saturated carbocycles. The van der Waals surface area contributed by atoms with E-state index in [1.165, 1.54) is 0 Å². The van der Waals surface area contributed by atoms with E-state index in [1.54, 1.807) is 24.3 Å². The summed E-state index contributed by atoms with van der Waals surface area (Å²) in [5.41, 5.74) is 6.86. The van der Waals surface area contributed by atoms with Gasteiger partial charge in [0.15, 0.2) is 5.78 Å². The Morgan fingerprint density at radius 2 is 1.80 bits per heavy atom. The molecule has 1 aliphatic carbocycles. The Balaban J connectivity index is 2.11. The SMILES string of the molecule is NCC1CCC(C(=O)c2ccccc2CC(=O)O)CC1. The zero-order chi connectivity index (χ0) is 14.5. The van der Waals surface area contributed by atoms with Crippen LogP contribution in [-0.2, 0) is 11.2 Å². The highest BCUT2D eigenvalue weighted by atomic mass is 16.4. The van der Waals surface area contributed by atoms with Gasteiger partial charge in [0, 0.05) is 11.5 Å². The highest BCUT2D eigenvalue weighted by molar-refractivity contribution is 6.00. The predicted octanol–water partition coefficient (Wildman–Crippen LogP) is 2.26. The van der Waals surface area contributed by atoms with Crippen molar-refractivity contribution in [2.45, 2.75) is 32.1 Å². The molecule has 4 heteroatoms. The molecular weight excluding hydrogens is 254 g/mol. The number of Topliss-reactive ketones (excluding diaryl/α,β-unsaturated/α-hetero) is 1. The topological polar surface area (TPSA) is 80.4 Å². The predicted molar refractivity (Wildman–Crippen MR) is 76.6 cm³/mol. The van der Waals surface area contributed by atoms with Crippen LogP contribution in [0, 0.1) is 11.8 Å². The van der Waals surface area contributed by atoms with Crippen LogP contribution in [-0.4, -0.2) is 23.4 Å². The summed E-state index contributed by atoms with van der Waals surface area (Å²) in [6, 6.07) is 7.05. The van der Waals surface area contributed by atoms with E-state index in [0.29, 0.717) is 23.6 Å². The van der Waals surface area contributed by atoms with Gasteiger partial charge in [-0.1, -0.05) is 24.3 Å². The summed E-state index contributed by atoms with van der Waals surface area (Å²) in [6.45, 7) is 0.691. The molecule has 20 heavy (non-hydrogen) atoms. The zero-order valence-electron chi connectivity index (χ0n) is 11.5. The normalized spacial score (nSPS) is 22.4. The molecule has 0 bridgehead atoms.